The Morgan fingerprint density at radius 1 is 1.09 bits per heavy atom. The molecule has 1 aromatic heterocycles. The van der Waals surface area contributed by atoms with Crippen LogP contribution in [0.2, 0.25) is 0 Å². The number of nitrogens with one attached hydrogen (secondary N) is 1. The fourth-order valence-electron chi connectivity index (χ4n) is 4.69. The Balaban J connectivity index is 1.71. The van der Waals surface area contributed by atoms with E-state index in [0.717, 1.165) is 21.6 Å². The molecular weight excluding hydrogens is 430 g/mol. The molecule has 3 heterocycles. The van der Waals surface area contributed by atoms with Crippen molar-refractivity contribution in [2.45, 2.75) is 58.8 Å². The number of amides is 1. The highest BCUT2D eigenvalue weighted by atomic mass is 32.1. The predicted octanol–water partition coefficient (Wildman–Crippen LogP) is 4.41. The molecule has 2 bridgehead atoms. The Morgan fingerprint density at radius 2 is 1.72 bits per heavy atom. The third-order valence-corrected chi connectivity index (χ3v) is 7.09. The fraction of sp³-hybridized carbons (Fsp3) is 0.458. The molecule has 4 atom stereocenters. The Kier molecular flexibility index (Phi) is 6.09. The zero-order valence-corrected chi connectivity index (χ0v) is 19.3. The molecule has 170 valence electrons. The van der Waals surface area contributed by atoms with Crippen LogP contribution in [-0.2, 0) is 19.1 Å². The van der Waals surface area contributed by atoms with E-state index in [0.29, 0.717) is 23.4 Å². The summed E-state index contributed by atoms with van der Waals surface area (Å²) in [6.07, 6.45) is 0.129. The lowest BCUT2D eigenvalue weighted by atomic mass is 9.78. The molecule has 8 heteroatoms. The number of hydrogen-bond donors (Lipinski definition) is 2. The van der Waals surface area contributed by atoms with Gasteiger partial charge in [-0.1, -0.05) is 29.8 Å². The fourth-order valence-corrected chi connectivity index (χ4v) is 5.76. The van der Waals surface area contributed by atoms with Crippen LogP contribution in [0.25, 0.3) is 11.1 Å². The van der Waals surface area contributed by atoms with Crippen molar-refractivity contribution >= 4 is 34.2 Å². The van der Waals surface area contributed by atoms with E-state index in [9.17, 15) is 19.5 Å². The average Bonchev–Trinajstić information content (AvgIpc) is 3.41. The van der Waals surface area contributed by atoms with Crippen LogP contribution in [0.4, 0.5) is 5.00 Å². The van der Waals surface area contributed by atoms with Gasteiger partial charge in [0, 0.05) is 10.4 Å². The average molecular weight is 458 g/mol. The van der Waals surface area contributed by atoms with Gasteiger partial charge in [0.2, 0.25) is 5.91 Å². The summed E-state index contributed by atoms with van der Waals surface area (Å²) in [7, 11) is 0. The van der Waals surface area contributed by atoms with E-state index in [-0.39, 0.29) is 6.10 Å². The van der Waals surface area contributed by atoms with Crippen molar-refractivity contribution in [3.8, 4) is 11.1 Å². The monoisotopic (exact) mass is 457 g/mol. The second-order valence-corrected chi connectivity index (χ2v) is 9.95. The van der Waals surface area contributed by atoms with E-state index < -0.39 is 41.9 Å². The van der Waals surface area contributed by atoms with Crippen LogP contribution >= 0.6 is 11.3 Å². The normalized spacial score (nSPS) is 24.0. The van der Waals surface area contributed by atoms with Gasteiger partial charge in [-0.05, 0) is 46.1 Å². The van der Waals surface area contributed by atoms with E-state index in [4.69, 9.17) is 9.47 Å². The molecule has 0 radical (unpaired) electrons. The van der Waals surface area contributed by atoms with Crippen LogP contribution in [0, 0.1) is 25.7 Å². The number of fused-ring (bicyclic) bond motifs is 2. The summed E-state index contributed by atoms with van der Waals surface area (Å²) in [5, 5.41) is 12.9. The molecule has 0 saturated carbocycles. The number of carbonyl (C=O) groups excluding carboxylic acids is 2. The molecule has 2 fully saturated rings. The lowest BCUT2D eigenvalue weighted by molar-refractivity contribution is -0.147. The topological polar surface area (TPSA) is 102 Å². The number of aliphatic carboxylic acids is 1. The number of aryl methyl sites for hydroxylation is 2. The van der Waals surface area contributed by atoms with Crippen LogP contribution < -0.4 is 5.32 Å². The number of carbonyl (C=O) groups is 3. The molecule has 1 aromatic carbocycles. The summed E-state index contributed by atoms with van der Waals surface area (Å²) in [4.78, 5) is 38.9. The second kappa shape index (κ2) is 8.67. The number of esters is 1. The zero-order valence-electron chi connectivity index (χ0n) is 18.5. The molecule has 0 aliphatic carbocycles. The smallest absolute Gasteiger partial charge is 0.342 e. The van der Waals surface area contributed by atoms with Gasteiger partial charge in [-0.15, -0.1) is 11.3 Å². The lowest BCUT2D eigenvalue weighted by Gasteiger charge is -2.23. The highest BCUT2D eigenvalue weighted by molar-refractivity contribution is 7.17. The van der Waals surface area contributed by atoms with Crippen LogP contribution in [-0.4, -0.2) is 41.3 Å². The molecule has 2 aromatic rings. The van der Waals surface area contributed by atoms with E-state index in [1.54, 1.807) is 13.8 Å². The number of rotatable bonds is 6. The zero-order chi connectivity index (χ0) is 23.2. The van der Waals surface area contributed by atoms with Crippen molar-refractivity contribution in [2.75, 3.05) is 5.32 Å². The molecular formula is C24H27NO6S. The van der Waals surface area contributed by atoms with Gasteiger partial charge in [0.15, 0.2) is 0 Å². The van der Waals surface area contributed by atoms with Gasteiger partial charge in [0.25, 0.3) is 0 Å². The second-order valence-electron chi connectivity index (χ2n) is 8.73. The minimum absolute atomic E-state index is 0.300. The Morgan fingerprint density at radius 3 is 2.31 bits per heavy atom. The summed E-state index contributed by atoms with van der Waals surface area (Å²) in [5.41, 5.74) is 2.97. The Labute approximate surface area is 190 Å². The minimum atomic E-state index is -1.03. The molecule has 2 aliphatic heterocycles. The van der Waals surface area contributed by atoms with Gasteiger partial charge in [0.1, 0.15) is 10.6 Å². The van der Waals surface area contributed by atoms with E-state index >= 15 is 0 Å². The Bertz CT molecular complexity index is 1060. The third kappa shape index (κ3) is 4.04. The molecule has 1 amide bonds. The number of anilines is 1. The third-order valence-electron chi connectivity index (χ3n) is 6.07. The van der Waals surface area contributed by atoms with Gasteiger partial charge in [-0.2, -0.15) is 0 Å². The summed E-state index contributed by atoms with van der Waals surface area (Å²) < 4.78 is 11.2. The first kappa shape index (κ1) is 22.5. The highest BCUT2D eigenvalue weighted by Crippen LogP contribution is 2.45. The molecule has 7 nitrogen and oxygen atoms in total. The largest absolute Gasteiger partial charge is 0.481 e. The van der Waals surface area contributed by atoms with Crippen molar-refractivity contribution < 1.29 is 29.0 Å². The van der Waals surface area contributed by atoms with Crippen molar-refractivity contribution in [1.82, 2.24) is 0 Å². The first-order valence-electron chi connectivity index (χ1n) is 10.8. The van der Waals surface area contributed by atoms with Gasteiger partial charge in [0.05, 0.1) is 30.1 Å². The number of carboxylic acids is 1. The van der Waals surface area contributed by atoms with Crippen molar-refractivity contribution in [3.05, 3.63) is 40.3 Å². The van der Waals surface area contributed by atoms with Crippen LogP contribution in [0.3, 0.4) is 0 Å². The van der Waals surface area contributed by atoms with E-state index in [1.807, 2.05) is 38.1 Å². The summed E-state index contributed by atoms with van der Waals surface area (Å²) in [5.74, 6) is -3.64. The number of benzene rings is 1. The van der Waals surface area contributed by atoms with Crippen LogP contribution in [0.15, 0.2) is 24.3 Å². The van der Waals surface area contributed by atoms with E-state index in [2.05, 4.69) is 5.32 Å². The molecule has 0 spiro atoms. The maximum Gasteiger partial charge on any atom is 0.342 e. The molecule has 2 N–H and O–H groups in total. The number of ether oxygens (including phenoxy) is 2. The molecule has 2 aliphatic rings. The van der Waals surface area contributed by atoms with Gasteiger partial charge in [-0.25, -0.2) is 4.79 Å². The molecule has 32 heavy (non-hydrogen) atoms. The van der Waals surface area contributed by atoms with Gasteiger partial charge >= 0.3 is 11.9 Å². The SMILES string of the molecule is Cc1ccc(-c2c(C)sc(NC(=O)[C@H]3[C@@H](C(=O)O)[C@H]4CC[C@@H]3O4)c2C(=O)OC(C)C)cc1. The summed E-state index contributed by atoms with van der Waals surface area (Å²) >= 11 is 1.29. The quantitative estimate of drug-likeness (QED) is 0.623. The van der Waals surface area contributed by atoms with Gasteiger partial charge in [-0.3, -0.25) is 9.59 Å². The van der Waals surface area contributed by atoms with Crippen LogP contribution in [0.1, 0.15) is 47.5 Å². The van der Waals surface area contributed by atoms with Crippen LogP contribution in [0.5, 0.6) is 0 Å². The summed E-state index contributed by atoms with van der Waals surface area (Å²) in [6.45, 7) is 7.42. The lowest BCUT2D eigenvalue weighted by Crippen LogP contribution is -2.41. The summed E-state index contributed by atoms with van der Waals surface area (Å²) in [6, 6.07) is 7.80. The number of carboxylic acid groups (broad SMARTS) is 1. The highest BCUT2D eigenvalue weighted by Gasteiger charge is 2.55. The van der Waals surface area contributed by atoms with Gasteiger partial charge < -0.3 is 19.9 Å². The van der Waals surface area contributed by atoms with Crippen molar-refractivity contribution in [3.63, 3.8) is 0 Å². The Hall–Kier alpha value is -2.71. The van der Waals surface area contributed by atoms with Crippen molar-refractivity contribution in [2.24, 2.45) is 11.8 Å². The first-order chi connectivity index (χ1) is 15.2. The van der Waals surface area contributed by atoms with E-state index in [1.165, 1.54) is 11.3 Å². The minimum Gasteiger partial charge on any atom is -0.481 e. The molecule has 4 rings (SSSR count). The van der Waals surface area contributed by atoms with Crippen molar-refractivity contribution in [1.29, 1.82) is 0 Å². The maximum absolute atomic E-state index is 13.2. The predicted molar refractivity (Wildman–Crippen MR) is 121 cm³/mol. The number of thiophene rings is 1. The first-order valence-corrected chi connectivity index (χ1v) is 11.6. The maximum atomic E-state index is 13.2. The number of hydrogen-bond acceptors (Lipinski definition) is 6. The molecule has 2 saturated heterocycles. The molecule has 0 unspecified atom stereocenters. The standard InChI is InChI=1S/C24H27NO6S/c1-11(2)30-24(29)20-17(14-7-5-12(3)6-8-14)13(4)32-22(20)25-21(26)18-15-9-10-16(31-15)19(18)23(27)28/h5-8,11,15-16,18-19H,9-10H2,1-4H3,(H,25,26)(H,27,28)/t15-,16+,18+,19-/m0/s1.